The van der Waals surface area contributed by atoms with Crippen molar-refractivity contribution in [3.05, 3.63) is 12.2 Å². The van der Waals surface area contributed by atoms with E-state index >= 15 is 0 Å². The highest BCUT2D eigenvalue weighted by Crippen LogP contribution is 2.18. The molecule has 0 aliphatic rings. The van der Waals surface area contributed by atoms with Crippen LogP contribution in [0.5, 0.6) is 0 Å². The summed E-state index contributed by atoms with van der Waals surface area (Å²) in [5.74, 6) is -0.479. The molecule has 3 N–H and O–H groups in total. The first kappa shape index (κ1) is 48.6. The Morgan fingerprint density at radius 1 is 0.560 bits per heavy atom. The molecule has 0 rings (SSSR count). The molecule has 3 atom stereocenters. The van der Waals surface area contributed by atoms with Crippen molar-refractivity contribution in [2.75, 3.05) is 6.61 Å². The number of unbranched alkanes of at least 4 members (excludes halogenated alkanes) is 25. The van der Waals surface area contributed by atoms with E-state index < -0.39 is 18.2 Å². The summed E-state index contributed by atoms with van der Waals surface area (Å²) in [6, 6.07) is -0.693. The first-order valence-electron chi connectivity index (χ1n) is 21.9. The molecular weight excluding hydrogens is 622 g/mol. The maximum Gasteiger partial charge on any atom is 0.306 e. The zero-order valence-corrected chi connectivity index (χ0v) is 33.5. The van der Waals surface area contributed by atoms with Crippen molar-refractivity contribution in [2.45, 2.75) is 251 Å². The molecule has 0 spiro atoms. The van der Waals surface area contributed by atoms with Crippen LogP contribution in [-0.4, -0.2) is 46.9 Å². The highest BCUT2D eigenvalue weighted by Gasteiger charge is 2.24. The Kier molecular flexibility index (Phi) is 37.7. The third-order valence-corrected chi connectivity index (χ3v) is 10.1. The molecule has 0 bridgehead atoms. The van der Waals surface area contributed by atoms with Gasteiger partial charge in [0, 0.05) is 6.42 Å². The van der Waals surface area contributed by atoms with Gasteiger partial charge in [0.15, 0.2) is 0 Å². The summed E-state index contributed by atoms with van der Waals surface area (Å²) in [7, 11) is 0. The van der Waals surface area contributed by atoms with E-state index in [0.717, 1.165) is 57.8 Å². The van der Waals surface area contributed by atoms with Crippen LogP contribution < -0.4 is 5.32 Å². The lowest BCUT2D eigenvalue weighted by Crippen LogP contribution is -2.46. The minimum absolute atomic E-state index is 0.0797. The van der Waals surface area contributed by atoms with Gasteiger partial charge in [0.1, 0.15) is 6.10 Å². The molecule has 0 aliphatic carbocycles. The van der Waals surface area contributed by atoms with Gasteiger partial charge < -0.3 is 20.3 Å². The zero-order chi connectivity index (χ0) is 36.8. The predicted molar refractivity (Wildman–Crippen MR) is 213 cm³/mol. The van der Waals surface area contributed by atoms with Crippen LogP contribution >= 0.6 is 0 Å². The number of rotatable bonds is 39. The van der Waals surface area contributed by atoms with Gasteiger partial charge >= 0.3 is 5.97 Å². The zero-order valence-electron chi connectivity index (χ0n) is 33.5. The summed E-state index contributed by atoms with van der Waals surface area (Å²) in [5, 5.41) is 23.6. The lowest BCUT2D eigenvalue weighted by molar-refractivity contribution is -0.151. The lowest BCUT2D eigenvalue weighted by atomic mass is 10.0. The van der Waals surface area contributed by atoms with E-state index in [1.165, 1.54) is 128 Å². The number of aliphatic hydroxyl groups excluding tert-OH is 2. The van der Waals surface area contributed by atoms with E-state index in [-0.39, 0.29) is 24.9 Å². The average molecular weight is 708 g/mol. The van der Waals surface area contributed by atoms with Crippen LogP contribution in [-0.2, 0) is 14.3 Å². The Morgan fingerprint density at radius 2 is 1.00 bits per heavy atom. The standard InChI is InChI=1S/C44H85NO5/c1-4-7-10-13-16-19-22-24-27-30-33-36-42(47)41(39-46)45-43(48)38-40(35-32-29-26-23-20-17-14-11-8-5-2)50-44(49)37-34-31-28-25-21-18-15-12-9-6-3/h12,15,40-42,46-47H,4-11,13-14,16-39H2,1-3H3,(H,45,48)/b15-12-. The number of carbonyl (C=O) groups is 2. The molecule has 1 amide bonds. The average Bonchev–Trinajstić information content (AvgIpc) is 3.10. The molecule has 3 unspecified atom stereocenters. The number of carbonyl (C=O) groups excluding carboxylic acids is 2. The second-order valence-corrected chi connectivity index (χ2v) is 15.1. The summed E-state index contributed by atoms with van der Waals surface area (Å²) in [6.45, 7) is 6.40. The maximum atomic E-state index is 13.1. The van der Waals surface area contributed by atoms with E-state index in [1.807, 2.05) is 0 Å². The van der Waals surface area contributed by atoms with E-state index in [4.69, 9.17) is 4.74 Å². The van der Waals surface area contributed by atoms with Gasteiger partial charge in [-0.05, 0) is 44.9 Å². The maximum absolute atomic E-state index is 13.1. The van der Waals surface area contributed by atoms with E-state index in [2.05, 4.69) is 38.2 Å². The number of amides is 1. The van der Waals surface area contributed by atoms with E-state index in [1.54, 1.807) is 0 Å². The predicted octanol–water partition coefficient (Wildman–Crippen LogP) is 12.2. The fourth-order valence-corrected chi connectivity index (χ4v) is 6.73. The number of aliphatic hydroxyl groups is 2. The summed E-state index contributed by atoms with van der Waals surface area (Å²) in [5.41, 5.74) is 0. The number of ether oxygens (including phenoxy) is 1. The lowest BCUT2D eigenvalue weighted by Gasteiger charge is -2.24. The van der Waals surface area contributed by atoms with Crippen molar-refractivity contribution in [2.24, 2.45) is 0 Å². The van der Waals surface area contributed by atoms with Gasteiger partial charge in [-0.1, -0.05) is 187 Å². The van der Waals surface area contributed by atoms with Gasteiger partial charge in [0.25, 0.3) is 0 Å². The fourth-order valence-electron chi connectivity index (χ4n) is 6.73. The van der Waals surface area contributed by atoms with Crippen molar-refractivity contribution >= 4 is 11.9 Å². The smallest absolute Gasteiger partial charge is 0.306 e. The van der Waals surface area contributed by atoms with E-state index in [0.29, 0.717) is 19.3 Å². The SMILES string of the molecule is CCC/C=C\CCCCCCCC(=O)OC(CCCCCCCCCCCC)CC(=O)NC(CO)C(O)CCCCCCCCCCCCC. The molecule has 50 heavy (non-hydrogen) atoms. The molecular formula is C44H85NO5. The molecule has 0 saturated carbocycles. The molecule has 0 radical (unpaired) electrons. The molecule has 296 valence electrons. The first-order valence-corrected chi connectivity index (χ1v) is 21.9. The Balaban J connectivity index is 4.56. The Hall–Kier alpha value is -1.40. The third kappa shape index (κ3) is 33.7. The molecule has 0 aromatic rings. The second kappa shape index (κ2) is 38.8. The van der Waals surface area contributed by atoms with Crippen LogP contribution in [0.15, 0.2) is 12.2 Å². The molecule has 0 fully saturated rings. The minimum atomic E-state index is -0.780. The molecule has 6 heteroatoms. The summed E-state index contributed by atoms with van der Waals surface area (Å²) >= 11 is 0. The third-order valence-electron chi connectivity index (χ3n) is 10.1. The first-order chi connectivity index (χ1) is 24.5. The van der Waals surface area contributed by atoms with Crippen molar-refractivity contribution in [3.8, 4) is 0 Å². The Bertz CT molecular complexity index is 757. The van der Waals surface area contributed by atoms with Crippen molar-refractivity contribution < 1.29 is 24.5 Å². The van der Waals surface area contributed by atoms with Crippen LogP contribution in [0.25, 0.3) is 0 Å². The highest BCUT2D eigenvalue weighted by molar-refractivity contribution is 5.77. The van der Waals surface area contributed by atoms with Gasteiger partial charge in [-0.15, -0.1) is 0 Å². The van der Waals surface area contributed by atoms with Gasteiger partial charge in [-0.3, -0.25) is 9.59 Å². The molecule has 0 aliphatic heterocycles. The summed E-state index contributed by atoms with van der Waals surface area (Å²) in [6.07, 6.45) is 39.8. The largest absolute Gasteiger partial charge is 0.462 e. The molecule has 0 saturated heterocycles. The number of nitrogens with one attached hydrogen (secondary N) is 1. The molecule has 0 aromatic heterocycles. The van der Waals surface area contributed by atoms with Gasteiger partial charge in [0.2, 0.25) is 5.91 Å². The number of allylic oxidation sites excluding steroid dienone is 2. The van der Waals surface area contributed by atoms with Gasteiger partial charge in [-0.25, -0.2) is 0 Å². The molecule has 0 heterocycles. The molecule has 0 aromatic carbocycles. The second-order valence-electron chi connectivity index (χ2n) is 15.1. The monoisotopic (exact) mass is 708 g/mol. The highest BCUT2D eigenvalue weighted by atomic mass is 16.5. The van der Waals surface area contributed by atoms with Gasteiger partial charge in [-0.2, -0.15) is 0 Å². The summed E-state index contributed by atoms with van der Waals surface area (Å²) in [4.78, 5) is 25.8. The van der Waals surface area contributed by atoms with Crippen molar-refractivity contribution in [3.63, 3.8) is 0 Å². The van der Waals surface area contributed by atoms with E-state index in [9.17, 15) is 19.8 Å². The van der Waals surface area contributed by atoms with Crippen molar-refractivity contribution in [1.29, 1.82) is 0 Å². The van der Waals surface area contributed by atoms with Crippen LogP contribution in [0, 0.1) is 0 Å². The topological polar surface area (TPSA) is 95.9 Å². The Labute approximate surface area is 310 Å². The van der Waals surface area contributed by atoms with Crippen LogP contribution in [0.1, 0.15) is 233 Å². The van der Waals surface area contributed by atoms with Crippen molar-refractivity contribution in [1.82, 2.24) is 5.32 Å². The molecule has 6 nitrogen and oxygen atoms in total. The van der Waals surface area contributed by atoms with Crippen LogP contribution in [0.2, 0.25) is 0 Å². The van der Waals surface area contributed by atoms with Crippen LogP contribution in [0.3, 0.4) is 0 Å². The van der Waals surface area contributed by atoms with Crippen LogP contribution in [0.4, 0.5) is 0 Å². The fraction of sp³-hybridized carbons (Fsp3) is 0.909. The number of hydrogen-bond acceptors (Lipinski definition) is 5. The quantitative estimate of drug-likeness (QED) is 0.0336. The normalized spacial score (nSPS) is 13.5. The minimum Gasteiger partial charge on any atom is -0.462 e. The number of esters is 1. The summed E-state index contributed by atoms with van der Waals surface area (Å²) < 4.78 is 5.87. The van der Waals surface area contributed by atoms with Gasteiger partial charge in [0.05, 0.1) is 25.2 Å². The number of hydrogen-bond donors (Lipinski definition) is 3. The Morgan fingerprint density at radius 3 is 1.50 bits per heavy atom.